The Morgan fingerprint density at radius 2 is 2.47 bits per heavy atom. The van der Waals surface area contributed by atoms with E-state index in [2.05, 4.69) is 15.6 Å². The summed E-state index contributed by atoms with van der Waals surface area (Å²) in [7, 11) is 0. The number of hydrogen-bond donors (Lipinski definition) is 2. The van der Waals surface area contributed by atoms with Crippen LogP contribution in [-0.4, -0.2) is 29.5 Å². The van der Waals surface area contributed by atoms with Crippen molar-refractivity contribution < 1.29 is 4.92 Å². The van der Waals surface area contributed by atoms with Gasteiger partial charge in [0.1, 0.15) is 0 Å². The number of nitro groups is 1. The molecule has 1 atom stereocenters. The second-order valence-electron chi connectivity index (χ2n) is 4.24. The van der Waals surface area contributed by atoms with Gasteiger partial charge in [0.05, 0.1) is 5.69 Å². The van der Waals surface area contributed by atoms with Gasteiger partial charge in [0.25, 0.3) is 0 Å². The molecule has 1 unspecified atom stereocenters. The van der Waals surface area contributed by atoms with Crippen molar-refractivity contribution >= 4 is 11.5 Å². The average molecular weight is 236 g/mol. The standard InChI is InChI=1S/C11H16N4O2/c16-15(17)11-2-1-10(8-14-11)13-6-4-9-3-5-12-7-9/h1-2,8-9,12-13H,3-7H2. The third-order valence-electron chi connectivity index (χ3n) is 2.98. The zero-order valence-corrected chi connectivity index (χ0v) is 9.56. The van der Waals surface area contributed by atoms with Gasteiger partial charge in [0, 0.05) is 12.6 Å². The summed E-state index contributed by atoms with van der Waals surface area (Å²) < 4.78 is 0. The molecule has 0 amide bonds. The Morgan fingerprint density at radius 1 is 1.59 bits per heavy atom. The molecule has 0 bridgehead atoms. The molecule has 1 aliphatic rings. The molecule has 2 heterocycles. The van der Waals surface area contributed by atoms with Crippen LogP contribution in [0, 0.1) is 16.0 Å². The highest BCUT2D eigenvalue weighted by molar-refractivity contribution is 5.43. The normalized spacial score (nSPS) is 19.2. The van der Waals surface area contributed by atoms with Crippen molar-refractivity contribution in [3.63, 3.8) is 0 Å². The minimum absolute atomic E-state index is 0.115. The smallest absolute Gasteiger partial charge is 0.363 e. The van der Waals surface area contributed by atoms with Crippen molar-refractivity contribution in [1.29, 1.82) is 0 Å². The van der Waals surface area contributed by atoms with Crippen LogP contribution >= 0.6 is 0 Å². The van der Waals surface area contributed by atoms with Gasteiger partial charge in [-0.05, 0) is 47.8 Å². The predicted octanol–water partition coefficient (Wildman–Crippen LogP) is 1.40. The van der Waals surface area contributed by atoms with Gasteiger partial charge in [-0.2, -0.15) is 0 Å². The molecule has 0 radical (unpaired) electrons. The van der Waals surface area contributed by atoms with Gasteiger partial charge in [0.15, 0.2) is 6.20 Å². The van der Waals surface area contributed by atoms with Gasteiger partial charge in [-0.1, -0.05) is 0 Å². The zero-order valence-electron chi connectivity index (χ0n) is 9.56. The molecule has 0 aromatic carbocycles. The van der Waals surface area contributed by atoms with E-state index < -0.39 is 4.92 Å². The average Bonchev–Trinajstić information content (AvgIpc) is 2.83. The fourth-order valence-corrected chi connectivity index (χ4v) is 1.98. The molecule has 1 saturated heterocycles. The van der Waals surface area contributed by atoms with Gasteiger partial charge in [0.2, 0.25) is 0 Å². The lowest BCUT2D eigenvalue weighted by atomic mass is 10.1. The van der Waals surface area contributed by atoms with E-state index in [9.17, 15) is 10.1 Å². The van der Waals surface area contributed by atoms with Gasteiger partial charge >= 0.3 is 5.82 Å². The van der Waals surface area contributed by atoms with E-state index in [1.807, 2.05) is 0 Å². The summed E-state index contributed by atoms with van der Waals surface area (Å²) in [5.74, 6) is 0.629. The number of aromatic nitrogens is 1. The lowest BCUT2D eigenvalue weighted by Crippen LogP contribution is -2.12. The largest absolute Gasteiger partial charge is 0.382 e. The molecule has 1 aromatic rings. The summed E-state index contributed by atoms with van der Waals surface area (Å²) in [6, 6.07) is 3.11. The third kappa shape index (κ3) is 3.39. The van der Waals surface area contributed by atoms with Crippen LogP contribution < -0.4 is 10.6 Å². The second kappa shape index (κ2) is 5.58. The number of pyridine rings is 1. The van der Waals surface area contributed by atoms with Crippen LogP contribution in [0.25, 0.3) is 0 Å². The molecule has 1 aliphatic heterocycles. The molecule has 92 valence electrons. The van der Waals surface area contributed by atoms with Crippen molar-refractivity contribution in [2.75, 3.05) is 25.0 Å². The number of nitrogens with zero attached hydrogens (tertiary/aromatic N) is 2. The van der Waals surface area contributed by atoms with E-state index in [1.165, 1.54) is 18.7 Å². The van der Waals surface area contributed by atoms with Crippen molar-refractivity contribution in [3.8, 4) is 0 Å². The maximum Gasteiger partial charge on any atom is 0.363 e. The Kier molecular flexibility index (Phi) is 3.87. The molecule has 6 heteroatoms. The van der Waals surface area contributed by atoms with E-state index >= 15 is 0 Å². The summed E-state index contributed by atoms with van der Waals surface area (Å²) in [6.45, 7) is 3.09. The van der Waals surface area contributed by atoms with E-state index in [-0.39, 0.29) is 5.82 Å². The summed E-state index contributed by atoms with van der Waals surface area (Å²) in [5, 5.41) is 17.0. The van der Waals surface area contributed by atoms with E-state index in [0.717, 1.165) is 37.7 Å². The van der Waals surface area contributed by atoms with Crippen molar-refractivity contribution in [3.05, 3.63) is 28.4 Å². The van der Waals surface area contributed by atoms with Crippen LogP contribution in [0.3, 0.4) is 0 Å². The van der Waals surface area contributed by atoms with Crippen LogP contribution in [0.15, 0.2) is 18.3 Å². The minimum Gasteiger partial charge on any atom is -0.382 e. The minimum atomic E-state index is -0.492. The first kappa shape index (κ1) is 11.8. The summed E-state index contributed by atoms with van der Waals surface area (Å²) in [5.41, 5.74) is 0.835. The summed E-state index contributed by atoms with van der Waals surface area (Å²) >= 11 is 0. The molecule has 2 N–H and O–H groups in total. The van der Waals surface area contributed by atoms with E-state index in [4.69, 9.17) is 0 Å². The molecule has 0 saturated carbocycles. The highest BCUT2D eigenvalue weighted by Crippen LogP contribution is 2.14. The molecular formula is C11H16N4O2. The molecule has 1 fully saturated rings. The van der Waals surface area contributed by atoms with Crippen LogP contribution in [-0.2, 0) is 0 Å². The van der Waals surface area contributed by atoms with Gasteiger partial charge in [-0.15, -0.1) is 0 Å². The number of anilines is 1. The molecule has 6 nitrogen and oxygen atoms in total. The molecule has 1 aromatic heterocycles. The number of rotatable bonds is 5. The zero-order chi connectivity index (χ0) is 12.1. The molecule has 0 spiro atoms. The first-order chi connectivity index (χ1) is 8.25. The number of hydrogen-bond acceptors (Lipinski definition) is 5. The van der Waals surface area contributed by atoms with E-state index in [1.54, 1.807) is 6.07 Å². The predicted molar refractivity (Wildman–Crippen MR) is 65.0 cm³/mol. The Labute approximate surface area is 99.6 Å². The maximum absolute atomic E-state index is 10.4. The van der Waals surface area contributed by atoms with Crippen LogP contribution in [0.4, 0.5) is 11.5 Å². The quantitative estimate of drug-likeness (QED) is 0.596. The maximum atomic E-state index is 10.4. The van der Waals surface area contributed by atoms with Gasteiger partial charge in [-0.3, -0.25) is 0 Å². The first-order valence-corrected chi connectivity index (χ1v) is 5.81. The number of nitrogens with one attached hydrogen (secondary N) is 2. The Morgan fingerprint density at radius 3 is 3.06 bits per heavy atom. The summed E-state index contributed by atoms with van der Waals surface area (Å²) in [6.07, 6.45) is 3.86. The van der Waals surface area contributed by atoms with Crippen LogP contribution in [0.1, 0.15) is 12.8 Å². The van der Waals surface area contributed by atoms with E-state index in [0.29, 0.717) is 0 Å². The Bertz CT molecular complexity index is 374. The lowest BCUT2D eigenvalue weighted by Gasteiger charge is -2.09. The van der Waals surface area contributed by atoms with Crippen LogP contribution in [0.5, 0.6) is 0 Å². The molecular weight excluding hydrogens is 220 g/mol. The molecule has 2 rings (SSSR count). The van der Waals surface area contributed by atoms with Gasteiger partial charge < -0.3 is 20.7 Å². The highest BCUT2D eigenvalue weighted by Gasteiger charge is 2.13. The highest BCUT2D eigenvalue weighted by atomic mass is 16.6. The fourth-order valence-electron chi connectivity index (χ4n) is 1.98. The fraction of sp³-hybridized carbons (Fsp3) is 0.545. The SMILES string of the molecule is O=[N+]([O-])c1ccc(NCCC2CCNC2)cn1. The lowest BCUT2D eigenvalue weighted by molar-refractivity contribution is -0.389. The second-order valence-corrected chi connectivity index (χ2v) is 4.24. The summed E-state index contributed by atoms with van der Waals surface area (Å²) in [4.78, 5) is 13.7. The Hall–Kier alpha value is -1.69. The molecule has 17 heavy (non-hydrogen) atoms. The Balaban J connectivity index is 1.76. The first-order valence-electron chi connectivity index (χ1n) is 5.81. The van der Waals surface area contributed by atoms with Crippen molar-refractivity contribution in [1.82, 2.24) is 10.3 Å². The van der Waals surface area contributed by atoms with Crippen LogP contribution in [0.2, 0.25) is 0 Å². The van der Waals surface area contributed by atoms with Crippen molar-refractivity contribution in [2.24, 2.45) is 5.92 Å². The molecule has 0 aliphatic carbocycles. The third-order valence-corrected chi connectivity index (χ3v) is 2.98. The van der Waals surface area contributed by atoms with Gasteiger partial charge in [-0.25, -0.2) is 0 Å². The van der Waals surface area contributed by atoms with Crippen molar-refractivity contribution in [2.45, 2.75) is 12.8 Å². The monoisotopic (exact) mass is 236 g/mol. The topological polar surface area (TPSA) is 80.1 Å².